The highest BCUT2D eigenvalue weighted by molar-refractivity contribution is 6.00. The van der Waals surface area contributed by atoms with Crippen LogP contribution in [0.2, 0.25) is 0 Å². The Bertz CT molecular complexity index is 1260. The quantitative estimate of drug-likeness (QED) is 0.610. The number of hydrogen-bond donors (Lipinski definition) is 2. The lowest BCUT2D eigenvalue weighted by atomic mass is 10.1. The highest BCUT2D eigenvalue weighted by atomic mass is 19.1. The third-order valence-electron chi connectivity index (χ3n) is 4.13. The van der Waals surface area contributed by atoms with Gasteiger partial charge in [-0.1, -0.05) is 11.8 Å². The van der Waals surface area contributed by atoms with Crippen molar-refractivity contribution >= 4 is 28.8 Å². The summed E-state index contributed by atoms with van der Waals surface area (Å²) in [5.41, 5.74) is 7.13. The Morgan fingerprint density at radius 2 is 2.00 bits per heavy atom. The molecule has 8 nitrogen and oxygen atoms in total. The number of benzene rings is 1. The zero-order valence-electron chi connectivity index (χ0n) is 17.6. The first-order chi connectivity index (χ1) is 14.6. The van der Waals surface area contributed by atoms with E-state index in [4.69, 9.17) is 15.7 Å². The molecule has 3 N–H and O–H groups in total. The third-order valence-corrected chi connectivity index (χ3v) is 4.13. The molecule has 158 valence electrons. The van der Waals surface area contributed by atoms with Crippen LogP contribution in [-0.4, -0.2) is 33.2 Å². The maximum absolute atomic E-state index is 13.7. The smallest absolute Gasteiger partial charge is 0.416 e. The van der Waals surface area contributed by atoms with Crippen LogP contribution in [0.25, 0.3) is 11.0 Å². The van der Waals surface area contributed by atoms with Gasteiger partial charge in [-0.05, 0) is 45.9 Å². The van der Waals surface area contributed by atoms with Crippen LogP contribution in [0.5, 0.6) is 0 Å². The van der Waals surface area contributed by atoms with Crippen LogP contribution < -0.4 is 10.6 Å². The van der Waals surface area contributed by atoms with E-state index < -0.39 is 17.5 Å². The molecule has 2 heterocycles. The molecule has 0 atom stereocenters. The van der Waals surface area contributed by atoms with Crippen LogP contribution in [0, 0.1) is 29.0 Å². The predicted octanol–water partition coefficient (Wildman–Crippen LogP) is 3.71. The molecule has 0 aliphatic rings. The van der Waals surface area contributed by atoms with E-state index in [2.05, 4.69) is 26.8 Å². The number of hydrogen-bond acceptors (Lipinski definition) is 6. The van der Waals surface area contributed by atoms with E-state index in [0.29, 0.717) is 28.7 Å². The van der Waals surface area contributed by atoms with Gasteiger partial charge in [-0.25, -0.2) is 19.2 Å². The Morgan fingerprint density at radius 1 is 1.29 bits per heavy atom. The molecule has 0 spiro atoms. The standard InChI is InChI=1S/C22H21FN6O2/c1-5-29(21(30)31-22(2,3)4)20-18-17(26-12-27-18)16(19(25)28-20)7-6-13-8-14(11-24)10-15(23)9-13/h8-10,12H,5H2,1-4H3,(H2,25,28)(H,26,27). The first kappa shape index (κ1) is 21.6. The highest BCUT2D eigenvalue weighted by Gasteiger charge is 2.26. The molecule has 0 aliphatic heterocycles. The number of carbonyl (C=O) groups excluding carboxylic acids is 1. The Hall–Kier alpha value is -4.11. The van der Waals surface area contributed by atoms with E-state index in [-0.39, 0.29) is 17.2 Å². The largest absolute Gasteiger partial charge is 0.443 e. The second kappa shape index (κ2) is 8.33. The Labute approximate surface area is 178 Å². The van der Waals surface area contributed by atoms with Crippen LogP contribution in [0.15, 0.2) is 24.5 Å². The number of nitrogens with zero attached hydrogens (tertiary/aromatic N) is 4. The second-order valence-corrected chi connectivity index (χ2v) is 7.64. The summed E-state index contributed by atoms with van der Waals surface area (Å²) < 4.78 is 19.1. The SMILES string of the molecule is CCN(C(=O)OC(C)(C)C)c1nc(N)c(C#Cc2cc(F)cc(C#N)c2)c2nc[nH]c12. The molecular weight excluding hydrogens is 399 g/mol. The van der Waals surface area contributed by atoms with Gasteiger partial charge in [0.05, 0.1) is 23.5 Å². The molecule has 2 aromatic heterocycles. The summed E-state index contributed by atoms with van der Waals surface area (Å²) >= 11 is 0. The van der Waals surface area contributed by atoms with Crippen LogP contribution in [-0.2, 0) is 4.74 Å². The van der Waals surface area contributed by atoms with E-state index in [0.717, 1.165) is 6.07 Å². The zero-order chi connectivity index (χ0) is 22.8. The van der Waals surface area contributed by atoms with Gasteiger partial charge in [0.1, 0.15) is 28.3 Å². The number of nitrogens with one attached hydrogen (secondary N) is 1. The highest BCUT2D eigenvalue weighted by Crippen LogP contribution is 2.29. The Morgan fingerprint density at radius 3 is 2.65 bits per heavy atom. The van der Waals surface area contributed by atoms with Gasteiger partial charge in [0.25, 0.3) is 0 Å². The number of nitriles is 1. The lowest BCUT2D eigenvalue weighted by Gasteiger charge is -2.26. The molecule has 0 saturated carbocycles. The number of imidazole rings is 1. The minimum atomic E-state index is -0.679. The summed E-state index contributed by atoms with van der Waals surface area (Å²) in [6.45, 7) is 7.40. The number of nitrogen functional groups attached to an aromatic ring is 1. The minimum absolute atomic E-state index is 0.0565. The number of carbonyl (C=O) groups is 1. The molecule has 0 radical (unpaired) electrons. The Balaban J connectivity index is 2.08. The summed E-state index contributed by atoms with van der Waals surface area (Å²) in [6.07, 6.45) is 0.875. The second-order valence-electron chi connectivity index (χ2n) is 7.64. The van der Waals surface area contributed by atoms with Gasteiger partial charge in [0.15, 0.2) is 5.82 Å². The number of fused-ring (bicyclic) bond motifs is 1. The molecular formula is C22H21FN6O2. The van der Waals surface area contributed by atoms with Gasteiger partial charge in [-0.15, -0.1) is 0 Å². The molecule has 3 rings (SSSR count). The maximum Gasteiger partial charge on any atom is 0.416 e. The van der Waals surface area contributed by atoms with Crippen molar-refractivity contribution < 1.29 is 13.9 Å². The normalized spacial score (nSPS) is 10.8. The summed E-state index contributed by atoms with van der Waals surface area (Å²) in [5, 5.41) is 9.00. The van der Waals surface area contributed by atoms with Crippen molar-refractivity contribution in [3.8, 4) is 17.9 Å². The van der Waals surface area contributed by atoms with E-state index in [1.54, 1.807) is 27.7 Å². The molecule has 0 saturated heterocycles. The molecule has 1 amide bonds. The van der Waals surface area contributed by atoms with Crippen LogP contribution in [0.4, 0.5) is 20.8 Å². The first-order valence-corrected chi connectivity index (χ1v) is 9.48. The van der Waals surface area contributed by atoms with Crippen molar-refractivity contribution in [3.05, 3.63) is 47.0 Å². The number of pyridine rings is 1. The molecule has 31 heavy (non-hydrogen) atoms. The van der Waals surface area contributed by atoms with E-state index in [1.807, 2.05) is 6.07 Å². The fourth-order valence-electron chi connectivity index (χ4n) is 2.86. The van der Waals surface area contributed by atoms with E-state index in [9.17, 15) is 9.18 Å². The number of anilines is 2. The van der Waals surface area contributed by atoms with Gasteiger partial charge >= 0.3 is 6.09 Å². The number of rotatable bonds is 2. The van der Waals surface area contributed by atoms with Crippen molar-refractivity contribution in [1.82, 2.24) is 15.0 Å². The summed E-state index contributed by atoms with van der Waals surface area (Å²) in [5.74, 6) is 5.41. The number of aromatic amines is 1. The average molecular weight is 420 g/mol. The number of nitrogens with two attached hydrogens (primary N) is 1. The zero-order valence-corrected chi connectivity index (χ0v) is 17.6. The minimum Gasteiger partial charge on any atom is -0.443 e. The van der Waals surface area contributed by atoms with Gasteiger partial charge < -0.3 is 15.5 Å². The fourth-order valence-corrected chi connectivity index (χ4v) is 2.86. The number of ether oxygens (including phenoxy) is 1. The summed E-state index contributed by atoms with van der Waals surface area (Å²) in [7, 11) is 0. The monoisotopic (exact) mass is 420 g/mol. The summed E-state index contributed by atoms with van der Waals surface area (Å²) in [4.78, 5) is 25.6. The number of halogens is 1. The topological polar surface area (TPSA) is 121 Å². The lowest BCUT2D eigenvalue weighted by molar-refractivity contribution is 0.0581. The Kier molecular flexibility index (Phi) is 5.80. The molecule has 0 bridgehead atoms. The van der Waals surface area contributed by atoms with E-state index in [1.165, 1.54) is 23.4 Å². The van der Waals surface area contributed by atoms with Crippen molar-refractivity contribution in [2.75, 3.05) is 17.2 Å². The molecule has 0 aliphatic carbocycles. The maximum atomic E-state index is 13.7. The number of H-pyrrole nitrogens is 1. The predicted molar refractivity (Wildman–Crippen MR) is 115 cm³/mol. The number of amides is 1. The van der Waals surface area contributed by atoms with Gasteiger partial charge in [-0.2, -0.15) is 5.26 Å². The van der Waals surface area contributed by atoms with E-state index >= 15 is 0 Å². The first-order valence-electron chi connectivity index (χ1n) is 9.48. The third kappa shape index (κ3) is 4.73. The van der Waals surface area contributed by atoms with Crippen molar-refractivity contribution in [2.45, 2.75) is 33.3 Å². The van der Waals surface area contributed by atoms with Crippen molar-refractivity contribution in [1.29, 1.82) is 5.26 Å². The van der Waals surface area contributed by atoms with Crippen molar-refractivity contribution in [3.63, 3.8) is 0 Å². The molecule has 1 aromatic carbocycles. The fraction of sp³-hybridized carbons (Fsp3) is 0.273. The lowest BCUT2D eigenvalue weighted by Crippen LogP contribution is -2.37. The van der Waals surface area contributed by atoms with Gasteiger partial charge in [0, 0.05) is 12.1 Å². The van der Waals surface area contributed by atoms with Crippen LogP contribution in [0.1, 0.15) is 44.4 Å². The molecule has 0 fully saturated rings. The van der Waals surface area contributed by atoms with Crippen LogP contribution in [0.3, 0.4) is 0 Å². The number of aromatic nitrogens is 3. The average Bonchev–Trinajstić information content (AvgIpc) is 3.16. The summed E-state index contributed by atoms with van der Waals surface area (Å²) in [6, 6.07) is 5.69. The van der Waals surface area contributed by atoms with Gasteiger partial charge in [-0.3, -0.25) is 4.90 Å². The van der Waals surface area contributed by atoms with Gasteiger partial charge in [0.2, 0.25) is 0 Å². The van der Waals surface area contributed by atoms with Crippen molar-refractivity contribution in [2.24, 2.45) is 0 Å². The molecule has 3 aromatic rings. The molecule has 0 unspecified atom stereocenters. The molecule has 9 heteroatoms. The van der Waals surface area contributed by atoms with Crippen LogP contribution >= 0.6 is 0 Å².